The molecule has 0 aliphatic carbocycles. The summed E-state index contributed by atoms with van der Waals surface area (Å²) < 4.78 is 5.69. The highest BCUT2D eigenvalue weighted by atomic mass is 16.6. The smallest absolute Gasteiger partial charge is 0.292 e. The average Bonchev–Trinajstić information content (AvgIpc) is 2.30. The Morgan fingerprint density at radius 1 is 1.37 bits per heavy atom. The topological polar surface area (TPSA) is 81.6 Å². The highest BCUT2D eigenvalue weighted by molar-refractivity contribution is 5.70. The minimum absolute atomic E-state index is 0.0318. The number of nitro benzene ring substituents is 1. The first-order chi connectivity index (χ1) is 8.88. The van der Waals surface area contributed by atoms with Crippen molar-refractivity contribution < 1.29 is 9.66 Å². The molecule has 6 heteroatoms. The molecule has 2 atom stereocenters. The lowest BCUT2D eigenvalue weighted by molar-refractivity contribution is -0.383. The Morgan fingerprint density at radius 2 is 1.95 bits per heavy atom. The molecule has 0 unspecified atom stereocenters. The summed E-state index contributed by atoms with van der Waals surface area (Å²) >= 11 is 0. The van der Waals surface area contributed by atoms with Crippen LogP contribution in [0, 0.1) is 17.0 Å². The molecule has 0 bridgehead atoms. The summed E-state index contributed by atoms with van der Waals surface area (Å²) in [5, 5.41) is 10.9. The fourth-order valence-corrected chi connectivity index (χ4v) is 2.57. The molecule has 2 rings (SSSR count). The van der Waals surface area contributed by atoms with Gasteiger partial charge in [0.1, 0.15) is 5.69 Å². The highest BCUT2D eigenvalue weighted by Crippen LogP contribution is 2.32. The number of hydrogen-bond donors (Lipinski definition) is 1. The van der Waals surface area contributed by atoms with Gasteiger partial charge in [-0.3, -0.25) is 10.1 Å². The third kappa shape index (κ3) is 2.78. The van der Waals surface area contributed by atoms with Crippen LogP contribution in [0.4, 0.5) is 17.1 Å². The van der Waals surface area contributed by atoms with E-state index in [4.69, 9.17) is 10.5 Å². The van der Waals surface area contributed by atoms with E-state index in [-0.39, 0.29) is 23.6 Å². The Labute approximate surface area is 112 Å². The summed E-state index contributed by atoms with van der Waals surface area (Å²) in [6.07, 6.45) is 0.277. The molecule has 1 aliphatic heterocycles. The number of nitro groups is 1. The van der Waals surface area contributed by atoms with Crippen molar-refractivity contribution in [2.24, 2.45) is 0 Å². The van der Waals surface area contributed by atoms with Crippen LogP contribution < -0.4 is 10.6 Å². The molecule has 0 amide bonds. The molecule has 1 aromatic carbocycles. The number of hydrogen-bond acceptors (Lipinski definition) is 5. The molecule has 1 aromatic rings. The van der Waals surface area contributed by atoms with E-state index >= 15 is 0 Å². The van der Waals surface area contributed by atoms with Crippen molar-refractivity contribution in [2.75, 3.05) is 23.7 Å². The lowest BCUT2D eigenvalue weighted by atomic mass is 10.1. The first kappa shape index (κ1) is 13.6. The van der Waals surface area contributed by atoms with E-state index in [0.717, 1.165) is 24.3 Å². The van der Waals surface area contributed by atoms with Crippen molar-refractivity contribution in [1.29, 1.82) is 0 Å². The number of benzene rings is 1. The Morgan fingerprint density at radius 3 is 2.47 bits per heavy atom. The first-order valence-corrected chi connectivity index (χ1v) is 6.33. The van der Waals surface area contributed by atoms with Crippen molar-refractivity contribution in [2.45, 2.75) is 33.0 Å². The SMILES string of the molecule is Cc1cc([N+](=O)[O-])c(N)cc1N1C[C@H](C)O[C@@H](C)C1. The second kappa shape index (κ2) is 5.05. The maximum absolute atomic E-state index is 10.9. The van der Waals surface area contributed by atoms with Crippen LogP contribution in [0.15, 0.2) is 12.1 Å². The van der Waals surface area contributed by atoms with Gasteiger partial charge in [-0.25, -0.2) is 0 Å². The predicted octanol–water partition coefficient (Wildman–Crippen LogP) is 2.10. The molecule has 0 aromatic heterocycles. The number of nitrogen functional groups attached to an aromatic ring is 1. The Hall–Kier alpha value is -1.82. The number of rotatable bonds is 2. The lowest BCUT2D eigenvalue weighted by Gasteiger charge is -2.37. The molecule has 0 radical (unpaired) electrons. The fraction of sp³-hybridized carbons (Fsp3) is 0.538. The molecule has 2 N–H and O–H groups in total. The van der Waals surface area contributed by atoms with Gasteiger partial charge in [-0.1, -0.05) is 0 Å². The van der Waals surface area contributed by atoms with Gasteiger partial charge in [-0.15, -0.1) is 0 Å². The van der Waals surface area contributed by atoms with Crippen LogP contribution in [-0.4, -0.2) is 30.2 Å². The summed E-state index contributed by atoms with van der Waals surface area (Å²) in [6.45, 7) is 7.44. The normalized spacial score (nSPS) is 23.4. The molecule has 0 spiro atoms. The van der Waals surface area contributed by atoms with Gasteiger partial charge in [0.2, 0.25) is 0 Å². The van der Waals surface area contributed by atoms with Crippen LogP contribution in [-0.2, 0) is 4.74 Å². The van der Waals surface area contributed by atoms with Gasteiger partial charge in [0, 0.05) is 24.8 Å². The van der Waals surface area contributed by atoms with E-state index in [0.29, 0.717) is 0 Å². The second-order valence-electron chi connectivity index (χ2n) is 5.12. The second-order valence-corrected chi connectivity index (χ2v) is 5.12. The zero-order chi connectivity index (χ0) is 14.2. The molecular weight excluding hydrogens is 246 g/mol. The molecule has 1 heterocycles. The maximum Gasteiger partial charge on any atom is 0.292 e. The van der Waals surface area contributed by atoms with E-state index in [1.165, 1.54) is 6.07 Å². The number of nitrogens with zero attached hydrogens (tertiary/aromatic N) is 2. The van der Waals surface area contributed by atoms with Crippen LogP contribution in [0.3, 0.4) is 0 Å². The van der Waals surface area contributed by atoms with E-state index in [1.54, 1.807) is 6.07 Å². The minimum Gasteiger partial charge on any atom is -0.393 e. The van der Waals surface area contributed by atoms with Gasteiger partial charge >= 0.3 is 0 Å². The van der Waals surface area contributed by atoms with E-state index in [9.17, 15) is 10.1 Å². The molecule has 0 saturated carbocycles. The number of anilines is 2. The average molecular weight is 265 g/mol. The van der Waals surface area contributed by atoms with Gasteiger partial charge in [-0.2, -0.15) is 0 Å². The molecule has 1 aliphatic rings. The summed E-state index contributed by atoms with van der Waals surface area (Å²) in [4.78, 5) is 12.6. The van der Waals surface area contributed by atoms with Crippen LogP contribution in [0.5, 0.6) is 0 Å². The van der Waals surface area contributed by atoms with Crippen molar-refractivity contribution in [3.8, 4) is 0 Å². The standard InChI is InChI=1S/C13H19N3O3/c1-8-4-13(16(17)18)11(14)5-12(8)15-6-9(2)19-10(3)7-15/h4-5,9-10H,6-7,14H2,1-3H3/t9-,10-/m0/s1. The van der Waals surface area contributed by atoms with Gasteiger partial charge in [0.15, 0.2) is 0 Å². The largest absolute Gasteiger partial charge is 0.393 e. The third-order valence-electron chi connectivity index (χ3n) is 3.30. The molecule has 6 nitrogen and oxygen atoms in total. The first-order valence-electron chi connectivity index (χ1n) is 6.33. The van der Waals surface area contributed by atoms with Gasteiger partial charge in [0.25, 0.3) is 5.69 Å². The van der Waals surface area contributed by atoms with Crippen LogP contribution >= 0.6 is 0 Å². The Bertz CT molecular complexity index is 494. The predicted molar refractivity (Wildman–Crippen MR) is 74.5 cm³/mol. The van der Waals surface area contributed by atoms with Crippen LogP contribution in [0.25, 0.3) is 0 Å². The number of aryl methyl sites for hydroxylation is 1. The Balaban J connectivity index is 2.35. The highest BCUT2D eigenvalue weighted by Gasteiger charge is 2.25. The quantitative estimate of drug-likeness (QED) is 0.503. The molecule has 104 valence electrons. The summed E-state index contributed by atoms with van der Waals surface area (Å²) in [5.41, 5.74) is 7.75. The molecule has 19 heavy (non-hydrogen) atoms. The molecular formula is C13H19N3O3. The zero-order valence-corrected chi connectivity index (χ0v) is 11.4. The zero-order valence-electron chi connectivity index (χ0n) is 11.4. The lowest BCUT2D eigenvalue weighted by Crippen LogP contribution is -2.45. The van der Waals surface area contributed by atoms with Crippen LogP contribution in [0.1, 0.15) is 19.4 Å². The van der Waals surface area contributed by atoms with Gasteiger partial charge < -0.3 is 15.4 Å². The number of ether oxygens (including phenoxy) is 1. The molecule has 1 saturated heterocycles. The van der Waals surface area contributed by atoms with Gasteiger partial charge in [-0.05, 0) is 32.4 Å². The number of nitrogens with two attached hydrogens (primary N) is 1. The van der Waals surface area contributed by atoms with Gasteiger partial charge in [0.05, 0.1) is 17.1 Å². The van der Waals surface area contributed by atoms with Crippen molar-refractivity contribution in [3.63, 3.8) is 0 Å². The van der Waals surface area contributed by atoms with E-state index in [2.05, 4.69) is 4.90 Å². The van der Waals surface area contributed by atoms with Crippen molar-refractivity contribution in [3.05, 3.63) is 27.8 Å². The minimum atomic E-state index is -0.448. The maximum atomic E-state index is 10.9. The summed E-state index contributed by atoms with van der Waals surface area (Å²) in [5.74, 6) is 0. The molecule has 1 fully saturated rings. The van der Waals surface area contributed by atoms with E-state index < -0.39 is 4.92 Å². The number of morpholine rings is 1. The third-order valence-corrected chi connectivity index (χ3v) is 3.30. The monoisotopic (exact) mass is 265 g/mol. The fourth-order valence-electron chi connectivity index (χ4n) is 2.57. The van der Waals surface area contributed by atoms with Crippen molar-refractivity contribution >= 4 is 17.1 Å². The van der Waals surface area contributed by atoms with Crippen LogP contribution in [0.2, 0.25) is 0 Å². The Kier molecular flexibility index (Phi) is 3.61. The van der Waals surface area contributed by atoms with Crippen molar-refractivity contribution in [1.82, 2.24) is 0 Å². The summed E-state index contributed by atoms with van der Waals surface area (Å²) in [6, 6.07) is 3.23. The summed E-state index contributed by atoms with van der Waals surface area (Å²) in [7, 11) is 0. The van der Waals surface area contributed by atoms with E-state index in [1.807, 2.05) is 20.8 Å².